The lowest BCUT2D eigenvalue weighted by Gasteiger charge is -2.01. The summed E-state index contributed by atoms with van der Waals surface area (Å²) < 4.78 is 0. The molecule has 0 amide bonds. The molecule has 0 radical (unpaired) electrons. The maximum atomic E-state index is 5.67. The molecule has 1 unspecified atom stereocenters. The van der Waals surface area contributed by atoms with Gasteiger partial charge in [0.25, 0.3) is 0 Å². The van der Waals surface area contributed by atoms with Gasteiger partial charge in [0, 0.05) is 0 Å². The van der Waals surface area contributed by atoms with Crippen LogP contribution in [0.3, 0.4) is 0 Å². The predicted octanol–water partition coefficient (Wildman–Crippen LogP) is 1.68. The van der Waals surface area contributed by atoms with E-state index in [1.807, 2.05) is 24.3 Å². The smallest absolute Gasteiger partial charge is 0.200 e. The fourth-order valence-corrected chi connectivity index (χ4v) is 1.45. The molecule has 5 heteroatoms. The van der Waals surface area contributed by atoms with Gasteiger partial charge in [-0.2, -0.15) is 5.11 Å². The van der Waals surface area contributed by atoms with E-state index in [1.54, 1.807) is 0 Å². The Labute approximate surface area is 79.7 Å². The summed E-state index contributed by atoms with van der Waals surface area (Å²) in [6.45, 7) is 0. The van der Waals surface area contributed by atoms with Crippen LogP contribution < -0.4 is 5.73 Å². The molecule has 2 heterocycles. The Balaban J connectivity index is 2.36. The van der Waals surface area contributed by atoms with Crippen molar-refractivity contribution in [2.45, 2.75) is 6.17 Å². The van der Waals surface area contributed by atoms with E-state index >= 15 is 0 Å². The van der Waals surface area contributed by atoms with Crippen LogP contribution >= 0.6 is 0 Å². The molecule has 0 fully saturated rings. The number of fused-ring (bicyclic) bond motifs is 2. The van der Waals surface area contributed by atoms with Crippen LogP contribution in [0.1, 0.15) is 11.9 Å². The minimum Gasteiger partial charge on any atom is -0.303 e. The molecule has 1 aliphatic rings. The van der Waals surface area contributed by atoms with Crippen molar-refractivity contribution in [3.8, 4) is 0 Å². The number of aromatic nitrogens is 2. The highest BCUT2D eigenvalue weighted by Crippen LogP contribution is 2.30. The normalized spacial score (nSPS) is 18.8. The highest BCUT2D eigenvalue weighted by Gasteiger charge is 2.20. The lowest BCUT2D eigenvalue weighted by Crippen LogP contribution is -2.06. The highest BCUT2D eigenvalue weighted by molar-refractivity contribution is 5.76. The first kappa shape index (κ1) is 7.52. The number of hydrogen-bond donors (Lipinski definition) is 1. The third-order valence-electron chi connectivity index (χ3n) is 2.14. The van der Waals surface area contributed by atoms with Crippen LogP contribution in [0.15, 0.2) is 34.5 Å². The summed E-state index contributed by atoms with van der Waals surface area (Å²) >= 11 is 0. The molecule has 5 nitrogen and oxygen atoms in total. The number of para-hydroxylation sites is 2. The molecule has 1 atom stereocenters. The van der Waals surface area contributed by atoms with Gasteiger partial charge in [-0.25, -0.2) is 9.97 Å². The molecule has 2 N–H and O–H groups in total. The Morgan fingerprint density at radius 2 is 1.79 bits per heavy atom. The Hall–Kier alpha value is -1.88. The van der Waals surface area contributed by atoms with E-state index in [-0.39, 0.29) is 0 Å². The second-order valence-electron chi connectivity index (χ2n) is 3.08. The van der Waals surface area contributed by atoms with Crippen LogP contribution in [0.4, 0.5) is 5.82 Å². The number of nitrogens with zero attached hydrogens (tertiary/aromatic N) is 4. The van der Waals surface area contributed by atoms with Crippen molar-refractivity contribution in [3.05, 3.63) is 30.0 Å². The molecule has 1 aliphatic heterocycles. The average Bonchev–Trinajstić information content (AvgIpc) is 2.57. The standard InChI is InChI=1S/C9H7N5/c10-8-7-9(14-13-8)12-6-4-2-1-3-5(6)11-7/h1-4,8H,10H2. The molecule has 0 saturated carbocycles. The number of hydrogen-bond acceptors (Lipinski definition) is 5. The van der Waals surface area contributed by atoms with Crippen LogP contribution in [-0.4, -0.2) is 9.97 Å². The van der Waals surface area contributed by atoms with E-state index in [9.17, 15) is 0 Å². The lowest BCUT2D eigenvalue weighted by atomic mass is 10.2. The molecule has 1 aromatic heterocycles. The van der Waals surface area contributed by atoms with Crippen molar-refractivity contribution in [2.75, 3.05) is 0 Å². The van der Waals surface area contributed by atoms with Gasteiger partial charge in [0.1, 0.15) is 5.69 Å². The van der Waals surface area contributed by atoms with Crippen molar-refractivity contribution < 1.29 is 0 Å². The predicted molar refractivity (Wildman–Crippen MR) is 51.0 cm³/mol. The van der Waals surface area contributed by atoms with Gasteiger partial charge in [-0.15, -0.1) is 5.11 Å². The molecule has 68 valence electrons. The van der Waals surface area contributed by atoms with Gasteiger partial charge in [-0.05, 0) is 12.1 Å². The van der Waals surface area contributed by atoms with Gasteiger partial charge in [-0.3, -0.25) is 0 Å². The van der Waals surface area contributed by atoms with Crippen LogP contribution in [0.5, 0.6) is 0 Å². The second kappa shape index (κ2) is 2.55. The Bertz CT molecular complexity index is 534. The zero-order chi connectivity index (χ0) is 9.54. The van der Waals surface area contributed by atoms with Crippen LogP contribution in [-0.2, 0) is 0 Å². The van der Waals surface area contributed by atoms with Gasteiger partial charge in [0.15, 0.2) is 12.0 Å². The van der Waals surface area contributed by atoms with E-state index in [1.165, 1.54) is 0 Å². The first-order chi connectivity index (χ1) is 6.84. The third kappa shape index (κ3) is 0.928. The zero-order valence-electron chi connectivity index (χ0n) is 7.25. The van der Waals surface area contributed by atoms with Gasteiger partial charge in [-0.1, -0.05) is 12.1 Å². The molecular formula is C9H7N5. The van der Waals surface area contributed by atoms with Crippen molar-refractivity contribution in [1.82, 2.24) is 9.97 Å². The molecule has 0 spiro atoms. The molecule has 0 aliphatic carbocycles. The SMILES string of the molecule is NC1N=Nc2nc3ccccc3nc21. The summed E-state index contributed by atoms with van der Waals surface area (Å²) in [7, 11) is 0. The highest BCUT2D eigenvalue weighted by atomic mass is 15.3. The topological polar surface area (TPSA) is 76.5 Å². The summed E-state index contributed by atoms with van der Waals surface area (Å²) in [6.07, 6.45) is -0.456. The minimum absolute atomic E-state index is 0.456. The zero-order valence-corrected chi connectivity index (χ0v) is 7.25. The Kier molecular flexibility index (Phi) is 1.37. The van der Waals surface area contributed by atoms with Crippen molar-refractivity contribution in [3.63, 3.8) is 0 Å². The monoisotopic (exact) mass is 185 g/mol. The summed E-state index contributed by atoms with van der Waals surface area (Å²) in [5.74, 6) is 0.538. The van der Waals surface area contributed by atoms with E-state index < -0.39 is 6.17 Å². The van der Waals surface area contributed by atoms with Gasteiger partial charge < -0.3 is 5.73 Å². The third-order valence-corrected chi connectivity index (χ3v) is 2.14. The van der Waals surface area contributed by atoms with Crippen LogP contribution in [0.25, 0.3) is 11.0 Å². The maximum Gasteiger partial charge on any atom is 0.200 e. The number of rotatable bonds is 0. The average molecular weight is 185 g/mol. The largest absolute Gasteiger partial charge is 0.303 e. The summed E-state index contributed by atoms with van der Waals surface area (Å²) in [4.78, 5) is 8.66. The molecule has 14 heavy (non-hydrogen) atoms. The first-order valence-corrected chi connectivity index (χ1v) is 4.28. The van der Waals surface area contributed by atoms with E-state index in [2.05, 4.69) is 20.2 Å². The van der Waals surface area contributed by atoms with Crippen molar-refractivity contribution in [1.29, 1.82) is 0 Å². The maximum absolute atomic E-state index is 5.67. The van der Waals surface area contributed by atoms with Gasteiger partial charge in [0.2, 0.25) is 0 Å². The van der Waals surface area contributed by atoms with Gasteiger partial charge >= 0.3 is 0 Å². The van der Waals surface area contributed by atoms with Crippen LogP contribution in [0, 0.1) is 0 Å². The molecule has 0 bridgehead atoms. The fourth-order valence-electron chi connectivity index (χ4n) is 1.45. The minimum atomic E-state index is -0.456. The molecule has 0 saturated heterocycles. The summed E-state index contributed by atoms with van der Waals surface area (Å²) in [6, 6.07) is 7.61. The number of benzene rings is 1. The van der Waals surface area contributed by atoms with E-state index in [4.69, 9.17) is 5.73 Å². The molecule has 3 rings (SSSR count). The van der Waals surface area contributed by atoms with Gasteiger partial charge in [0.05, 0.1) is 11.0 Å². The van der Waals surface area contributed by atoms with Crippen molar-refractivity contribution >= 4 is 16.9 Å². The quantitative estimate of drug-likeness (QED) is 0.678. The Morgan fingerprint density at radius 1 is 1.07 bits per heavy atom. The summed E-state index contributed by atoms with van der Waals surface area (Å²) in [5.41, 5.74) is 7.98. The molecular weight excluding hydrogens is 178 g/mol. The molecule has 1 aromatic carbocycles. The second-order valence-corrected chi connectivity index (χ2v) is 3.08. The van der Waals surface area contributed by atoms with E-state index in [0.29, 0.717) is 11.5 Å². The van der Waals surface area contributed by atoms with E-state index in [0.717, 1.165) is 11.0 Å². The fraction of sp³-hybridized carbons (Fsp3) is 0.111. The molecule has 2 aromatic rings. The first-order valence-electron chi connectivity index (χ1n) is 4.28. The Morgan fingerprint density at radius 3 is 2.57 bits per heavy atom. The van der Waals surface area contributed by atoms with Crippen LogP contribution in [0.2, 0.25) is 0 Å². The number of nitrogens with two attached hydrogens (primary N) is 1. The summed E-state index contributed by atoms with van der Waals surface area (Å²) in [5, 5.41) is 7.66. The number of azo groups is 1. The lowest BCUT2D eigenvalue weighted by molar-refractivity contribution is 0.748. The van der Waals surface area contributed by atoms with Crippen molar-refractivity contribution in [2.24, 2.45) is 16.0 Å².